The van der Waals surface area contributed by atoms with Crippen LogP contribution in [0.15, 0.2) is 18.2 Å². The maximum atomic E-state index is 12.0. The average Bonchev–Trinajstić information content (AvgIpc) is 2.96. The fourth-order valence-electron chi connectivity index (χ4n) is 1.83. The van der Waals surface area contributed by atoms with Gasteiger partial charge in [-0.1, -0.05) is 11.6 Å². The topological polar surface area (TPSA) is 62.4 Å². The van der Waals surface area contributed by atoms with Crippen LogP contribution in [0.2, 0.25) is 5.02 Å². The van der Waals surface area contributed by atoms with E-state index >= 15 is 0 Å². The first-order valence-electron chi connectivity index (χ1n) is 6.28. The number of halogens is 3. The predicted molar refractivity (Wildman–Crippen MR) is 92.7 cm³/mol. The van der Waals surface area contributed by atoms with Crippen molar-refractivity contribution in [1.29, 1.82) is 0 Å². The van der Waals surface area contributed by atoms with Gasteiger partial charge in [0.05, 0.1) is 18.2 Å². The quantitative estimate of drug-likeness (QED) is 0.425. The van der Waals surface area contributed by atoms with Gasteiger partial charge in [-0.3, -0.25) is 15.6 Å². The van der Waals surface area contributed by atoms with E-state index in [1.54, 1.807) is 25.1 Å². The lowest BCUT2D eigenvalue weighted by molar-refractivity contribution is -0.126. The number of ether oxygens (including phenoxy) is 1. The second kappa shape index (κ2) is 6.28. The Hall–Kier alpha value is -0.950. The van der Waals surface area contributed by atoms with Gasteiger partial charge in [0, 0.05) is 5.02 Å². The first kappa shape index (κ1) is 17.4. The Morgan fingerprint density at radius 3 is 2.55 bits per heavy atom. The molecule has 22 heavy (non-hydrogen) atoms. The second-order valence-corrected chi connectivity index (χ2v) is 7.42. The summed E-state index contributed by atoms with van der Waals surface area (Å²) in [6.07, 6.45) is 0.388. The molecule has 0 aliphatic heterocycles. The molecule has 1 aromatic rings. The highest BCUT2D eigenvalue weighted by Gasteiger charge is 2.68. The summed E-state index contributed by atoms with van der Waals surface area (Å²) < 4.78 is 4.15. The number of benzene rings is 1. The molecule has 1 amide bonds. The van der Waals surface area contributed by atoms with Crippen molar-refractivity contribution >= 4 is 63.7 Å². The van der Waals surface area contributed by atoms with Crippen LogP contribution in [0.25, 0.3) is 0 Å². The van der Waals surface area contributed by atoms with Crippen molar-refractivity contribution < 1.29 is 9.53 Å². The van der Waals surface area contributed by atoms with Crippen LogP contribution in [0.5, 0.6) is 5.75 Å². The summed E-state index contributed by atoms with van der Waals surface area (Å²) in [5.74, 6) is 0.231. The van der Waals surface area contributed by atoms with E-state index in [9.17, 15) is 4.79 Å². The molecule has 0 spiro atoms. The maximum Gasteiger partial charge on any atom is 0.247 e. The molecule has 1 atom stereocenters. The third kappa shape index (κ3) is 3.51. The van der Waals surface area contributed by atoms with Gasteiger partial charge in [0.25, 0.3) is 0 Å². The monoisotopic (exact) mass is 381 g/mol. The van der Waals surface area contributed by atoms with Gasteiger partial charge >= 0.3 is 0 Å². The lowest BCUT2D eigenvalue weighted by atomic mass is 10.1. The Bertz CT molecular complexity index is 627. The smallest absolute Gasteiger partial charge is 0.247 e. The van der Waals surface area contributed by atoms with Gasteiger partial charge in [-0.2, -0.15) is 0 Å². The highest BCUT2D eigenvalue weighted by Crippen LogP contribution is 2.63. The highest BCUT2D eigenvalue weighted by molar-refractivity contribution is 7.80. The van der Waals surface area contributed by atoms with Gasteiger partial charge in [-0.05, 0) is 43.8 Å². The number of rotatable bonds is 3. The number of hydrogen-bond donors (Lipinski definition) is 3. The van der Waals surface area contributed by atoms with E-state index in [4.69, 9.17) is 51.8 Å². The van der Waals surface area contributed by atoms with Crippen LogP contribution in [0, 0.1) is 5.41 Å². The van der Waals surface area contributed by atoms with Crippen LogP contribution in [0.4, 0.5) is 5.69 Å². The summed E-state index contributed by atoms with van der Waals surface area (Å²) in [4.78, 5) is 12.0. The lowest BCUT2D eigenvalue weighted by Crippen LogP contribution is -2.47. The molecule has 0 radical (unpaired) electrons. The van der Waals surface area contributed by atoms with Crippen molar-refractivity contribution in [1.82, 2.24) is 10.9 Å². The molecule has 0 heterocycles. The van der Waals surface area contributed by atoms with Gasteiger partial charge in [0.2, 0.25) is 5.91 Å². The number of methoxy groups -OCH3 is 1. The van der Waals surface area contributed by atoms with Crippen LogP contribution in [-0.4, -0.2) is 22.5 Å². The Labute approximate surface area is 148 Å². The molecular formula is C13H14Cl3N3O2S. The van der Waals surface area contributed by atoms with Gasteiger partial charge in [-0.25, -0.2) is 0 Å². The third-order valence-electron chi connectivity index (χ3n) is 3.46. The van der Waals surface area contributed by atoms with Crippen molar-refractivity contribution in [2.75, 3.05) is 12.4 Å². The summed E-state index contributed by atoms with van der Waals surface area (Å²) in [5.41, 5.74) is 4.81. The standard InChI is InChI=1S/C13H14Cl3N3O2S/c1-12(6-13(12,15)16)10(20)18-19-11(22)17-8-5-7(14)3-4-9(8)21-2/h3-5H,6H2,1-2H3,(H,18,20)(H2,17,19,22)/t12-/m1/s1. The number of amides is 1. The fourth-order valence-corrected chi connectivity index (χ4v) is 2.87. The van der Waals surface area contributed by atoms with E-state index in [1.807, 2.05) is 0 Å². The molecule has 1 aliphatic carbocycles. The summed E-state index contributed by atoms with van der Waals surface area (Å²) in [7, 11) is 1.53. The summed E-state index contributed by atoms with van der Waals surface area (Å²) in [6, 6.07) is 5.05. The molecule has 5 nitrogen and oxygen atoms in total. The molecule has 0 unspecified atom stereocenters. The van der Waals surface area contributed by atoms with E-state index < -0.39 is 9.75 Å². The van der Waals surface area contributed by atoms with Crippen LogP contribution in [0.3, 0.4) is 0 Å². The number of nitrogens with one attached hydrogen (secondary N) is 3. The zero-order valence-corrected chi connectivity index (χ0v) is 14.9. The van der Waals surface area contributed by atoms with Crippen molar-refractivity contribution in [3.63, 3.8) is 0 Å². The number of hydrogen-bond acceptors (Lipinski definition) is 3. The van der Waals surface area contributed by atoms with Crippen LogP contribution >= 0.6 is 47.0 Å². The maximum absolute atomic E-state index is 12.0. The second-order valence-electron chi connectivity index (χ2n) is 5.09. The Morgan fingerprint density at radius 1 is 1.36 bits per heavy atom. The van der Waals surface area contributed by atoms with Crippen LogP contribution in [0.1, 0.15) is 13.3 Å². The first-order valence-corrected chi connectivity index (χ1v) is 7.82. The average molecular weight is 383 g/mol. The van der Waals surface area contributed by atoms with E-state index in [1.165, 1.54) is 7.11 Å². The molecule has 9 heteroatoms. The number of carbonyl (C=O) groups is 1. The normalized spacial score (nSPS) is 21.7. The number of anilines is 1. The van der Waals surface area contributed by atoms with Crippen LogP contribution in [-0.2, 0) is 4.79 Å². The Morgan fingerprint density at radius 2 is 2.00 bits per heavy atom. The van der Waals surface area contributed by atoms with Gasteiger partial charge in [0.1, 0.15) is 10.1 Å². The largest absolute Gasteiger partial charge is 0.495 e. The minimum absolute atomic E-state index is 0.174. The van der Waals surface area contributed by atoms with Gasteiger partial charge < -0.3 is 10.1 Å². The van der Waals surface area contributed by atoms with Crippen molar-refractivity contribution in [2.24, 2.45) is 5.41 Å². The lowest BCUT2D eigenvalue weighted by Gasteiger charge is -2.16. The number of thiocarbonyl (C=S) groups is 1. The van der Waals surface area contributed by atoms with Crippen LogP contribution < -0.4 is 20.9 Å². The molecule has 3 N–H and O–H groups in total. The van der Waals surface area contributed by atoms with Crippen molar-refractivity contribution in [2.45, 2.75) is 17.7 Å². The minimum atomic E-state index is -1.04. The summed E-state index contributed by atoms with van der Waals surface area (Å²) in [5, 5.41) is 3.58. The zero-order valence-electron chi connectivity index (χ0n) is 11.8. The van der Waals surface area contributed by atoms with E-state index in [0.29, 0.717) is 22.9 Å². The first-order chi connectivity index (χ1) is 10.2. The molecule has 2 rings (SSSR count). The van der Waals surface area contributed by atoms with Gasteiger partial charge in [-0.15, -0.1) is 23.2 Å². The SMILES string of the molecule is COc1ccc(Cl)cc1NC(=S)NNC(=O)[C@@]1(C)CC1(Cl)Cl. The number of alkyl halides is 2. The van der Waals surface area contributed by atoms with Crippen molar-refractivity contribution in [3.05, 3.63) is 23.2 Å². The molecule has 1 aliphatic rings. The Balaban J connectivity index is 1.92. The number of hydrazine groups is 1. The van der Waals surface area contributed by atoms with E-state index in [0.717, 1.165) is 0 Å². The molecule has 1 aromatic carbocycles. The molecule has 1 fully saturated rings. The molecule has 0 saturated heterocycles. The minimum Gasteiger partial charge on any atom is -0.495 e. The summed E-state index contributed by atoms with van der Waals surface area (Å²) >= 11 is 22.9. The molecule has 0 aromatic heterocycles. The highest BCUT2D eigenvalue weighted by atomic mass is 35.5. The zero-order chi connectivity index (χ0) is 16.5. The molecule has 1 saturated carbocycles. The van der Waals surface area contributed by atoms with E-state index in [2.05, 4.69) is 16.2 Å². The summed E-state index contributed by atoms with van der Waals surface area (Å²) in [6.45, 7) is 1.68. The number of carbonyl (C=O) groups excluding carboxylic acids is 1. The predicted octanol–water partition coefficient (Wildman–Crippen LogP) is 3.25. The van der Waals surface area contributed by atoms with E-state index in [-0.39, 0.29) is 11.0 Å². The third-order valence-corrected chi connectivity index (χ3v) is 5.00. The molecule has 0 bridgehead atoms. The van der Waals surface area contributed by atoms with Crippen molar-refractivity contribution in [3.8, 4) is 5.75 Å². The fraction of sp³-hybridized carbons (Fsp3) is 0.385. The van der Waals surface area contributed by atoms with Gasteiger partial charge in [0.15, 0.2) is 5.11 Å². The molecular weight excluding hydrogens is 369 g/mol. The Kier molecular flexibility index (Phi) is 4.96. The molecule has 120 valence electrons.